The lowest BCUT2D eigenvalue weighted by atomic mass is 10.0. The van der Waals surface area contributed by atoms with Gasteiger partial charge in [-0.15, -0.1) is 0 Å². The summed E-state index contributed by atoms with van der Waals surface area (Å²) in [7, 11) is 0. The highest BCUT2D eigenvalue weighted by Gasteiger charge is 2.24. The minimum absolute atomic E-state index is 0.174. The maximum absolute atomic E-state index is 9.51. The largest absolute Gasteiger partial charge is 0.394 e. The van der Waals surface area contributed by atoms with Crippen LogP contribution in [-0.2, 0) is 0 Å². The molecule has 1 unspecified atom stereocenters. The van der Waals surface area contributed by atoms with Crippen molar-refractivity contribution in [3.63, 3.8) is 0 Å². The van der Waals surface area contributed by atoms with Crippen molar-refractivity contribution in [1.82, 2.24) is 19.6 Å². The van der Waals surface area contributed by atoms with Crippen LogP contribution in [0.3, 0.4) is 0 Å². The maximum atomic E-state index is 9.51. The van der Waals surface area contributed by atoms with Crippen LogP contribution in [0, 0.1) is 6.92 Å². The van der Waals surface area contributed by atoms with Crippen LogP contribution < -0.4 is 4.90 Å². The fourth-order valence-corrected chi connectivity index (χ4v) is 2.61. The first-order valence-corrected chi connectivity index (χ1v) is 6.34. The summed E-state index contributed by atoms with van der Waals surface area (Å²) in [6.45, 7) is 3.08. The van der Waals surface area contributed by atoms with Crippen molar-refractivity contribution in [2.45, 2.75) is 32.2 Å². The first-order chi connectivity index (χ1) is 8.79. The molecule has 1 N–H and O–H groups in total. The minimum atomic E-state index is 0.174. The second-order valence-electron chi connectivity index (χ2n) is 4.75. The lowest BCUT2D eigenvalue weighted by molar-refractivity contribution is 0.239. The molecule has 1 atom stereocenters. The molecule has 2 aromatic rings. The fraction of sp³-hybridized carbons (Fsp3) is 0.583. The van der Waals surface area contributed by atoms with E-state index in [0.29, 0.717) is 5.78 Å². The molecule has 0 bridgehead atoms. The molecule has 18 heavy (non-hydrogen) atoms. The first kappa shape index (κ1) is 11.4. The quantitative estimate of drug-likeness (QED) is 0.849. The summed E-state index contributed by atoms with van der Waals surface area (Å²) in [5, 5.41) is 13.7. The van der Waals surface area contributed by atoms with Crippen molar-refractivity contribution >= 4 is 11.6 Å². The maximum Gasteiger partial charge on any atom is 0.254 e. The van der Waals surface area contributed by atoms with Crippen LogP contribution in [0.5, 0.6) is 0 Å². The Labute approximate surface area is 105 Å². The Kier molecular flexibility index (Phi) is 2.87. The van der Waals surface area contributed by atoms with Gasteiger partial charge in [0.2, 0.25) is 0 Å². The number of hydrogen-bond acceptors (Lipinski definition) is 5. The van der Waals surface area contributed by atoms with Gasteiger partial charge in [0, 0.05) is 18.3 Å². The highest BCUT2D eigenvalue weighted by Crippen LogP contribution is 2.24. The number of rotatable bonds is 2. The number of aliphatic hydroxyl groups excluding tert-OH is 1. The van der Waals surface area contributed by atoms with Crippen LogP contribution in [0.2, 0.25) is 0 Å². The van der Waals surface area contributed by atoms with E-state index in [4.69, 9.17) is 0 Å². The highest BCUT2D eigenvalue weighted by molar-refractivity contribution is 5.48. The van der Waals surface area contributed by atoms with Crippen molar-refractivity contribution in [1.29, 1.82) is 0 Å². The van der Waals surface area contributed by atoms with Crippen LogP contribution in [-0.4, -0.2) is 43.9 Å². The second kappa shape index (κ2) is 4.53. The number of fused-ring (bicyclic) bond motifs is 1. The molecule has 1 fully saturated rings. The van der Waals surface area contributed by atoms with E-state index < -0.39 is 0 Å². The Hall–Kier alpha value is -1.69. The van der Waals surface area contributed by atoms with Crippen LogP contribution in [0.15, 0.2) is 12.4 Å². The van der Waals surface area contributed by atoms with Crippen molar-refractivity contribution in [3.05, 3.63) is 18.1 Å². The molecular formula is C12H17N5O. The molecule has 0 aliphatic carbocycles. The Balaban J connectivity index is 2.08. The molecule has 1 aliphatic rings. The Morgan fingerprint density at radius 2 is 2.33 bits per heavy atom. The average molecular weight is 247 g/mol. The van der Waals surface area contributed by atoms with Gasteiger partial charge in [-0.1, -0.05) is 0 Å². The predicted octanol–water partition coefficient (Wildman–Crippen LogP) is 0.784. The topological polar surface area (TPSA) is 66.5 Å². The van der Waals surface area contributed by atoms with Crippen molar-refractivity contribution in [2.24, 2.45) is 0 Å². The number of nitrogens with zero attached hydrogens (tertiary/aromatic N) is 5. The number of piperidine rings is 1. The van der Waals surface area contributed by atoms with Crippen LogP contribution >= 0.6 is 0 Å². The zero-order chi connectivity index (χ0) is 12.5. The van der Waals surface area contributed by atoms with Gasteiger partial charge in [-0.25, -0.2) is 4.98 Å². The highest BCUT2D eigenvalue weighted by atomic mass is 16.3. The normalized spacial score (nSPS) is 20.6. The SMILES string of the molecule is Cc1cc(N2CCCCC2CO)n2ncnc2n1. The summed E-state index contributed by atoms with van der Waals surface area (Å²) >= 11 is 0. The van der Waals surface area contributed by atoms with Gasteiger partial charge >= 0.3 is 0 Å². The molecular weight excluding hydrogens is 230 g/mol. The van der Waals surface area contributed by atoms with E-state index in [0.717, 1.165) is 30.9 Å². The van der Waals surface area contributed by atoms with E-state index in [-0.39, 0.29) is 12.6 Å². The van der Waals surface area contributed by atoms with Crippen molar-refractivity contribution < 1.29 is 5.11 Å². The van der Waals surface area contributed by atoms with Gasteiger partial charge in [-0.3, -0.25) is 0 Å². The molecule has 0 amide bonds. The molecule has 0 radical (unpaired) electrons. The van der Waals surface area contributed by atoms with Crippen LogP contribution in [0.1, 0.15) is 25.0 Å². The average Bonchev–Trinajstić information content (AvgIpc) is 2.85. The number of aliphatic hydroxyl groups is 1. The monoisotopic (exact) mass is 247 g/mol. The molecule has 3 rings (SSSR count). The number of aromatic nitrogens is 4. The lowest BCUT2D eigenvalue weighted by Crippen LogP contribution is -2.43. The van der Waals surface area contributed by atoms with E-state index >= 15 is 0 Å². The number of anilines is 1. The molecule has 96 valence electrons. The van der Waals surface area contributed by atoms with E-state index in [1.54, 1.807) is 4.52 Å². The lowest BCUT2D eigenvalue weighted by Gasteiger charge is -2.36. The van der Waals surface area contributed by atoms with Crippen molar-refractivity contribution in [3.8, 4) is 0 Å². The third-order valence-electron chi connectivity index (χ3n) is 3.49. The summed E-state index contributed by atoms with van der Waals surface area (Å²) in [5.74, 6) is 1.60. The number of aryl methyl sites for hydroxylation is 1. The smallest absolute Gasteiger partial charge is 0.254 e. The first-order valence-electron chi connectivity index (χ1n) is 6.34. The van der Waals surface area contributed by atoms with E-state index in [1.807, 2.05) is 13.0 Å². The summed E-state index contributed by atoms with van der Waals surface area (Å²) in [4.78, 5) is 10.7. The molecule has 0 aromatic carbocycles. The fourth-order valence-electron chi connectivity index (χ4n) is 2.61. The summed E-state index contributed by atoms with van der Waals surface area (Å²) in [6.07, 6.45) is 4.86. The molecule has 6 heteroatoms. The standard InChI is InChI=1S/C12H17N5O/c1-9-6-11(17-12(15-9)13-8-14-17)16-5-3-2-4-10(16)7-18/h6,8,10,18H,2-5,7H2,1H3. The third-order valence-corrected chi connectivity index (χ3v) is 3.49. The molecule has 1 aliphatic heterocycles. The van der Waals surface area contributed by atoms with Gasteiger partial charge in [0.25, 0.3) is 5.78 Å². The molecule has 2 aromatic heterocycles. The summed E-state index contributed by atoms with van der Waals surface area (Å²) in [5.41, 5.74) is 0.924. The summed E-state index contributed by atoms with van der Waals surface area (Å²) in [6, 6.07) is 2.18. The third kappa shape index (κ3) is 1.82. The molecule has 6 nitrogen and oxygen atoms in total. The van der Waals surface area contributed by atoms with Gasteiger partial charge in [-0.2, -0.15) is 14.6 Å². The zero-order valence-corrected chi connectivity index (χ0v) is 10.5. The predicted molar refractivity (Wildman–Crippen MR) is 67.6 cm³/mol. The second-order valence-corrected chi connectivity index (χ2v) is 4.75. The Morgan fingerprint density at radius 1 is 1.44 bits per heavy atom. The van der Waals surface area contributed by atoms with Crippen LogP contribution in [0.4, 0.5) is 5.82 Å². The Morgan fingerprint density at radius 3 is 3.17 bits per heavy atom. The minimum Gasteiger partial charge on any atom is -0.394 e. The molecule has 0 saturated carbocycles. The van der Waals surface area contributed by atoms with Gasteiger partial charge in [0.15, 0.2) is 0 Å². The number of hydrogen-bond donors (Lipinski definition) is 1. The summed E-state index contributed by atoms with van der Waals surface area (Å²) < 4.78 is 1.75. The van der Waals surface area contributed by atoms with E-state index in [1.165, 1.54) is 12.7 Å². The molecule has 1 saturated heterocycles. The molecule has 3 heterocycles. The zero-order valence-electron chi connectivity index (χ0n) is 10.5. The van der Waals surface area contributed by atoms with E-state index in [9.17, 15) is 5.11 Å². The van der Waals surface area contributed by atoms with Crippen LogP contribution in [0.25, 0.3) is 5.78 Å². The molecule has 0 spiro atoms. The van der Waals surface area contributed by atoms with Gasteiger partial charge < -0.3 is 10.0 Å². The van der Waals surface area contributed by atoms with Gasteiger partial charge in [0.1, 0.15) is 12.1 Å². The van der Waals surface area contributed by atoms with E-state index in [2.05, 4.69) is 20.0 Å². The Bertz CT molecular complexity index is 552. The van der Waals surface area contributed by atoms with Crippen molar-refractivity contribution in [2.75, 3.05) is 18.1 Å². The van der Waals surface area contributed by atoms with Gasteiger partial charge in [0.05, 0.1) is 12.6 Å². The van der Waals surface area contributed by atoms with Gasteiger partial charge in [-0.05, 0) is 26.2 Å².